The van der Waals surface area contributed by atoms with E-state index in [9.17, 15) is 4.79 Å². The van der Waals surface area contributed by atoms with Crippen LogP contribution in [0, 0.1) is 5.92 Å². The van der Waals surface area contributed by atoms with E-state index in [2.05, 4.69) is 15.5 Å². The van der Waals surface area contributed by atoms with Gasteiger partial charge in [-0.25, -0.2) is 0 Å². The molecule has 2 saturated heterocycles. The number of carbonyl (C=O) groups is 1. The average molecular weight is 290 g/mol. The normalized spacial score (nSPS) is 25.6. The van der Waals surface area contributed by atoms with Crippen LogP contribution in [-0.4, -0.2) is 49.6 Å². The second-order valence-corrected chi connectivity index (χ2v) is 5.71. The highest BCUT2D eigenvalue weighted by Gasteiger charge is 2.23. The van der Waals surface area contributed by atoms with Crippen LogP contribution in [0.4, 0.5) is 0 Å². The number of amides is 1. The van der Waals surface area contributed by atoms with Gasteiger partial charge < -0.3 is 15.5 Å². The quantitative estimate of drug-likeness (QED) is 0.822. The molecule has 0 aromatic heterocycles. The first kappa shape index (κ1) is 16.7. The number of carbonyl (C=O) groups excluding carboxylic acids is 1. The van der Waals surface area contributed by atoms with Crippen LogP contribution in [0.15, 0.2) is 0 Å². The van der Waals surface area contributed by atoms with Crippen molar-refractivity contribution in [2.75, 3.05) is 32.7 Å². The van der Waals surface area contributed by atoms with Crippen molar-refractivity contribution in [2.45, 2.75) is 45.1 Å². The molecule has 2 aliphatic rings. The molecular weight excluding hydrogens is 262 g/mol. The molecule has 5 heteroatoms. The van der Waals surface area contributed by atoms with E-state index < -0.39 is 0 Å². The number of hydrogen-bond donors (Lipinski definition) is 2. The third kappa shape index (κ3) is 5.67. The van der Waals surface area contributed by atoms with Crippen LogP contribution in [0.5, 0.6) is 0 Å². The van der Waals surface area contributed by atoms with Crippen molar-refractivity contribution in [2.24, 2.45) is 5.92 Å². The van der Waals surface area contributed by atoms with E-state index in [0.717, 1.165) is 18.9 Å². The maximum Gasteiger partial charge on any atom is 0.219 e. The lowest BCUT2D eigenvalue weighted by atomic mass is 9.96. The zero-order valence-corrected chi connectivity index (χ0v) is 12.8. The zero-order chi connectivity index (χ0) is 12.8. The maximum atomic E-state index is 11.4. The van der Waals surface area contributed by atoms with Crippen molar-refractivity contribution < 1.29 is 4.79 Å². The van der Waals surface area contributed by atoms with Crippen LogP contribution >= 0.6 is 12.4 Å². The molecule has 0 radical (unpaired) electrons. The number of nitrogens with one attached hydrogen (secondary N) is 2. The van der Waals surface area contributed by atoms with Crippen LogP contribution in [0.3, 0.4) is 0 Å². The highest BCUT2D eigenvalue weighted by molar-refractivity contribution is 5.85. The first-order valence-corrected chi connectivity index (χ1v) is 7.50. The van der Waals surface area contributed by atoms with Crippen molar-refractivity contribution in [3.05, 3.63) is 0 Å². The van der Waals surface area contributed by atoms with Gasteiger partial charge in [-0.2, -0.15) is 0 Å². The lowest BCUT2D eigenvalue weighted by Crippen LogP contribution is -2.49. The Morgan fingerprint density at radius 3 is 2.74 bits per heavy atom. The molecule has 0 aromatic rings. The molecule has 2 N–H and O–H groups in total. The highest BCUT2D eigenvalue weighted by Crippen LogP contribution is 2.17. The monoisotopic (exact) mass is 289 g/mol. The second-order valence-electron chi connectivity index (χ2n) is 5.71. The molecule has 1 unspecified atom stereocenters. The van der Waals surface area contributed by atoms with Crippen molar-refractivity contribution in [3.63, 3.8) is 0 Å². The minimum atomic E-state index is 0. The Bertz CT molecular complexity index is 269. The molecule has 4 nitrogen and oxygen atoms in total. The second kappa shape index (κ2) is 8.77. The Kier molecular flexibility index (Phi) is 7.73. The van der Waals surface area contributed by atoms with E-state index in [4.69, 9.17) is 0 Å². The minimum absolute atomic E-state index is 0. The molecule has 0 spiro atoms. The fourth-order valence-corrected chi connectivity index (χ4v) is 3.10. The van der Waals surface area contributed by atoms with Crippen molar-refractivity contribution >= 4 is 18.3 Å². The molecule has 112 valence electrons. The fraction of sp³-hybridized carbons (Fsp3) is 0.929. The predicted octanol–water partition coefficient (Wildman–Crippen LogP) is 1.40. The Balaban J connectivity index is 0.00000180. The van der Waals surface area contributed by atoms with Crippen molar-refractivity contribution in [3.8, 4) is 0 Å². The fourth-order valence-electron chi connectivity index (χ4n) is 3.10. The van der Waals surface area contributed by atoms with Gasteiger partial charge in [0.15, 0.2) is 0 Å². The van der Waals surface area contributed by atoms with E-state index in [0.29, 0.717) is 12.5 Å². The minimum Gasteiger partial charge on any atom is -0.352 e. The smallest absolute Gasteiger partial charge is 0.219 e. The summed E-state index contributed by atoms with van der Waals surface area (Å²) >= 11 is 0. The number of rotatable bonds is 4. The summed E-state index contributed by atoms with van der Waals surface area (Å²) in [6.45, 7) is 7.76. The molecule has 2 fully saturated rings. The Morgan fingerprint density at radius 1 is 1.32 bits per heavy atom. The van der Waals surface area contributed by atoms with E-state index in [-0.39, 0.29) is 18.3 Å². The lowest BCUT2D eigenvalue weighted by molar-refractivity contribution is -0.121. The molecule has 0 aromatic carbocycles. The maximum absolute atomic E-state index is 11.4. The van der Waals surface area contributed by atoms with E-state index in [1.807, 2.05) is 6.92 Å². The molecule has 2 rings (SSSR count). The van der Waals surface area contributed by atoms with Crippen molar-refractivity contribution in [1.82, 2.24) is 15.5 Å². The third-order valence-corrected chi connectivity index (χ3v) is 4.17. The van der Waals surface area contributed by atoms with Gasteiger partial charge in [0.25, 0.3) is 0 Å². The van der Waals surface area contributed by atoms with Gasteiger partial charge in [-0.05, 0) is 51.2 Å². The van der Waals surface area contributed by atoms with Gasteiger partial charge in [0.2, 0.25) is 5.91 Å². The Hall–Kier alpha value is -0.320. The van der Waals surface area contributed by atoms with Gasteiger partial charge in [-0.3, -0.25) is 4.79 Å². The summed E-state index contributed by atoms with van der Waals surface area (Å²) in [6, 6.07) is 0.382. The Labute approximate surface area is 123 Å². The molecule has 2 aliphatic heterocycles. The topological polar surface area (TPSA) is 44.4 Å². The van der Waals surface area contributed by atoms with Gasteiger partial charge in [0.1, 0.15) is 0 Å². The van der Waals surface area contributed by atoms with E-state index in [1.54, 1.807) is 0 Å². The molecule has 19 heavy (non-hydrogen) atoms. The number of nitrogens with zero attached hydrogens (tertiary/aromatic N) is 1. The number of piperidine rings is 2. The number of likely N-dealkylation sites (tertiary alicyclic amines) is 1. The Morgan fingerprint density at radius 2 is 2.05 bits per heavy atom. The van der Waals surface area contributed by atoms with Crippen LogP contribution < -0.4 is 10.6 Å². The summed E-state index contributed by atoms with van der Waals surface area (Å²) in [5.41, 5.74) is 0. The number of hydrogen-bond acceptors (Lipinski definition) is 3. The van der Waals surface area contributed by atoms with Gasteiger partial charge in [0, 0.05) is 25.6 Å². The van der Waals surface area contributed by atoms with Gasteiger partial charge in [-0.1, -0.05) is 6.92 Å². The predicted molar refractivity (Wildman–Crippen MR) is 80.7 cm³/mol. The molecular formula is C14H28ClN3O. The molecule has 1 atom stereocenters. The molecule has 0 bridgehead atoms. The molecule has 0 aliphatic carbocycles. The molecule has 1 amide bonds. The van der Waals surface area contributed by atoms with Gasteiger partial charge >= 0.3 is 0 Å². The largest absolute Gasteiger partial charge is 0.352 e. The SMILES string of the molecule is CCC(=O)NC1CCCN(CC2CCNCC2)C1.Cl. The van der Waals surface area contributed by atoms with Crippen LogP contribution in [0.1, 0.15) is 39.0 Å². The highest BCUT2D eigenvalue weighted by atomic mass is 35.5. The summed E-state index contributed by atoms with van der Waals surface area (Å²) in [5, 5.41) is 6.56. The third-order valence-electron chi connectivity index (χ3n) is 4.17. The van der Waals surface area contributed by atoms with E-state index in [1.165, 1.54) is 45.4 Å². The van der Waals surface area contributed by atoms with Crippen LogP contribution in [0.25, 0.3) is 0 Å². The first-order valence-electron chi connectivity index (χ1n) is 7.50. The van der Waals surface area contributed by atoms with Gasteiger partial charge in [-0.15, -0.1) is 12.4 Å². The molecule has 0 saturated carbocycles. The zero-order valence-electron chi connectivity index (χ0n) is 12.0. The van der Waals surface area contributed by atoms with Gasteiger partial charge in [0.05, 0.1) is 0 Å². The summed E-state index contributed by atoms with van der Waals surface area (Å²) in [5.74, 6) is 1.05. The summed E-state index contributed by atoms with van der Waals surface area (Å²) in [6.07, 6.45) is 5.59. The summed E-state index contributed by atoms with van der Waals surface area (Å²) in [7, 11) is 0. The van der Waals surface area contributed by atoms with Crippen LogP contribution in [-0.2, 0) is 4.79 Å². The van der Waals surface area contributed by atoms with Crippen LogP contribution in [0.2, 0.25) is 0 Å². The lowest BCUT2D eigenvalue weighted by Gasteiger charge is -2.36. The summed E-state index contributed by atoms with van der Waals surface area (Å²) < 4.78 is 0. The average Bonchev–Trinajstić information content (AvgIpc) is 2.40. The van der Waals surface area contributed by atoms with E-state index >= 15 is 0 Å². The first-order chi connectivity index (χ1) is 8.78. The van der Waals surface area contributed by atoms with Crippen molar-refractivity contribution in [1.29, 1.82) is 0 Å². The summed E-state index contributed by atoms with van der Waals surface area (Å²) in [4.78, 5) is 14.0. The molecule has 2 heterocycles. The number of halogens is 1. The standard InChI is InChI=1S/C14H27N3O.ClH/c1-2-14(18)16-13-4-3-9-17(11-13)10-12-5-7-15-8-6-12;/h12-13,15H,2-11H2,1H3,(H,16,18);1H.